The lowest BCUT2D eigenvalue weighted by molar-refractivity contribution is -0.127. The first-order valence-corrected chi connectivity index (χ1v) is 4.60. The summed E-state index contributed by atoms with van der Waals surface area (Å²) in [6.45, 7) is 4.03. The van der Waals surface area contributed by atoms with Gasteiger partial charge in [-0.2, -0.15) is 0 Å². The van der Waals surface area contributed by atoms with Gasteiger partial charge in [-0.1, -0.05) is 29.5 Å². The standard InChI is InChI=1S/C7H12INO/c1-5-3-4-7(2,8)9-6(5)10/h5H,3-4H2,1-2H3,(H,9,10). The Morgan fingerprint density at radius 1 is 1.80 bits per heavy atom. The Morgan fingerprint density at radius 3 is 2.80 bits per heavy atom. The van der Waals surface area contributed by atoms with Crippen molar-refractivity contribution in [3.05, 3.63) is 0 Å². The van der Waals surface area contributed by atoms with E-state index in [9.17, 15) is 4.79 Å². The van der Waals surface area contributed by atoms with E-state index in [0.29, 0.717) is 0 Å². The summed E-state index contributed by atoms with van der Waals surface area (Å²) < 4.78 is 0.00134. The first kappa shape index (κ1) is 8.30. The van der Waals surface area contributed by atoms with E-state index in [0.717, 1.165) is 12.8 Å². The number of rotatable bonds is 0. The molecule has 1 aliphatic rings. The van der Waals surface area contributed by atoms with E-state index in [1.807, 2.05) is 6.92 Å². The Hall–Kier alpha value is 0.200. The van der Waals surface area contributed by atoms with Crippen molar-refractivity contribution in [1.82, 2.24) is 5.32 Å². The van der Waals surface area contributed by atoms with Gasteiger partial charge in [0.1, 0.15) is 0 Å². The molecule has 2 unspecified atom stereocenters. The largest absolute Gasteiger partial charge is 0.342 e. The average molecular weight is 253 g/mol. The fraction of sp³-hybridized carbons (Fsp3) is 0.857. The fourth-order valence-electron chi connectivity index (χ4n) is 1.06. The number of piperidine rings is 1. The molecule has 0 saturated carbocycles. The van der Waals surface area contributed by atoms with Crippen LogP contribution < -0.4 is 5.32 Å². The van der Waals surface area contributed by atoms with Crippen LogP contribution in [-0.4, -0.2) is 9.45 Å². The Balaban J connectivity index is 2.57. The molecule has 3 heteroatoms. The molecular formula is C7H12INO. The van der Waals surface area contributed by atoms with E-state index in [4.69, 9.17) is 0 Å². The summed E-state index contributed by atoms with van der Waals surface area (Å²) in [7, 11) is 0. The maximum absolute atomic E-state index is 11.1. The summed E-state index contributed by atoms with van der Waals surface area (Å²) in [4.78, 5) is 11.1. The summed E-state index contributed by atoms with van der Waals surface area (Å²) >= 11 is 2.28. The molecule has 0 bridgehead atoms. The number of carbonyl (C=O) groups excluding carboxylic acids is 1. The van der Waals surface area contributed by atoms with Gasteiger partial charge in [-0.05, 0) is 19.8 Å². The van der Waals surface area contributed by atoms with Crippen molar-refractivity contribution in [3.8, 4) is 0 Å². The van der Waals surface area contributed by atoms with Crippen LogP contribution in [0.5, 0.6) is 0 Å². The molecule has 1 rings (SSSR count). The summed E-state index contributed by atoms with van der Waals surface area (Å²) in [5, 5.41) is 2.95. The van der Waals surface area contributed by atoms with E-state index < -0.39 is 0 Å². The van der Waals surface area contributed by atoms with Gasteiger partial charge < -0.3 is 5.32 Å². The molecule has 0 aromatic carbocycles. The molecule has 0 aliphatic carbocycles. The second-order valence-corrected chi connectivity index (χ2v) is 5.51. The second kappa shape index (κ2) is 2.68. The number of hydrogen-bond acceptors (Lipinski definition) is 1. The Kier molecular flexibility index (Phi) is 2.22. The minimum atomic E-state index is 0.00134. The Labute approximate surface area is 74.9 Å². The first-order valence-electron chi connectivity index (χ1n) is 3.52. The molecule has 0 aromatic rings. The smallest absolute Gasteiger partial charge is 0.223 e. The van der Waals surface area contributed by atoms with Crippen LogP contribution in [0.1, 0.15) is 26.7 Å². The van der Waals surface area contributed by atoms with Crippen LogP contribution in [0.15, 0.2) is 0 Å². The lowest BCUT2D eigenvalue weighted by Gasteiger charge is -2.31. The van der Waals surface area contributed by atoms with Crippen molar-refractivity contribution in [2.45, 2.75) is 30.2 Å². The van der Waals surface area contributed by atoms with Crippen molar-refractivity contribution in [2.75, 3.05) is 0 Å². The minimum Gasteiger partial charge on any atom is -0.342 e. The van der Waals surface area contributed by atoms with Gasteiger partial charge >= 0.3 is 0 Å². The molecule has 1 amide bonds. The highest BCUT2D eigenvalue weighted by Gasteiger charge is 2.30. The molecule has 1 aliphatic heterocycles. The Bertz CT molecular complexity index is 156. The zero-order valence-electron chi connectivity index (χ0n) is 6.28. The summed E-state index contributed by atoms with van der Waals surface area (Å²) in [6, 6.07) is 0. The topological polar surface area (TPSA) is 29.1 Å². The molecule has 0 aromatic heterocycles. The van der Waals surface area contributed by atoms with Crippen molar-refractivity contribution in [2.24, 2.45) is 5.92 Å². The maximum atomic E-state index is 11.1. The third-order valence-electron chi connectivity index (χ3n) is 1.88. The van der Waals surface area contributed by atoms with Gasteiger partial charge in [0.15, 0.2) is 0 Å². The zero-order valence-corrected chi connectivity index (χ0v) is 8.44. The molecule has 0 radical (unpaired) electrons. The van der Waals surface area contributed by atoms with Crippen LogP contribution in [0.2, 0.25) is 0 Å². The normalized spacial score (nSPS) is 41.1. The number of amides is 1. The molecule has 2 atom stereocenters. The summed E-state index contributed by atoms with van der Waals surface area (Å²) in [5.41, 5.74) is 0. The van der Waals surface area contributed by atoms with Crippen LogP contribution in [-0.2, 0) is 4.79 Å². The van der Waals surface area contributed by atoms with Crippen LogP contribution in [0.3, 0.4) is 0 Å². The van der Waals surface area contributed by atoms with Crippen LogP contribution >= 0.6 is 22.6 Å². The lowest BCUT2D eigenvalue weighted by Crippen LogP contribution is -2.47. The lowest BCUT2D eigenvalue weighted by atomic mass is 9.97. The van der Waals surface area contributed by atoms with E-state index >= 15 is 0 Å². The first-order chi connectivity index (χ1) is 4.51. The number of halogens is 1. The SMILES string of the molecule is CC1CCC(C)(I)NC1=O. The molecule has 1 N–H and O–H groups in total. The van der Waals surface area contributed by atoms with E-state index in [-0.39, 0.29) is 15.4 Å². The predicted octanol–water partition coefficient (Wildman–Crippen LogP) is 1.68. The number of alkyl halides is 1. The average Bonchev–Trinajstić information content (AvgIpc) is 1.79. The molecule has 58 valence electrons. The highest BCUT2D eigenvalue weighted by atomic mass is 127. The van der Waals surface area contributed by atoms with Crippen molar-refractivity contribution in [1.29, 1.82) is 0 Å². The van der Waals surface area contributed by atoms with E-state index in [2.05, 4.69) is 34.8 Å². The number of nitrogens with one attached hydrogen (secondary N) is 1. The van der Waals surface area contributed by atoms with Gasteiger partial charge in [0, 0.05) is 5.92 Å². The fourth-order valence-corrected chi connectivity index (χ4v) is 1.64. The molecule has 2 nitrogen and oxygen atoms in total. The van der Waals surface area contributed by atoms with Gasteiger partial charge in [0.05, 0.1) is 3.55 Å². The Morgan fingerprint density at radius 2 is 2.40 bits per heavy atom. The molecule has 1 heterocycles. The maximum Gasteiger partial charge on any atom is 0.223 e. The van der Waals surface area contributed by atoms with Gasteiger partial charge in [-0.15, -0.1) is 0 Å². The number of hydrogen-bond donors (Lipinski definition) is 1. The summed E-state index contributed by atoms with van der Waals surface area (Å²) in [6.07, 6.45) is 2.10. The van der Waals surface area contributed by atoms with Crippen LogP contribution in [0.25, 0.3) is 0 Å². The molecule has 0 spiro atoms. The quantitative estimate of drug-likeness (QED) is 0.397. The van der Waals surface area contributed by atoms with Crippen LogP contribution in [0, 0.1) is 5.92 Å². The van der Waals surface area contributed by atoms with Crippen molar-refractivity contribution < 1.29 is 4.79 Å². The summed E-state index contributed by atoms with van der Waals surface area (Å²) in [5.74, 6) is 0.408. The second-order valence-electron chi connectivity index (χ2n) is 3.13. The van der Waals surface area contributed by atoms with E-state index in [1.54, 1.807) is 0 Å². The highest BCUT2D eigenvalue weighted by Crippen LogP contribution is 2.28. The molecule has 1 fully saturated rings. The zero-order chi connectivity index (χ0) is 7.78. The van der Waals surface area contributed by atoms with Crippen LogP contribution in [0.4, 0.5) is 0 Å². The minimum absolute atomic E-state index is 0.00134. The van der Waals surface area contributed by atoms with Crippen molar-refractivity contribution in [3.63, 3.8) is 0 Å². The van der Waals surface area contributed by atoms with Gasteiger partial charge in [0.2, 0.25) is 5.91 Å². The monoisotopic (exact) mass is 253 g/mol. The third kappa shape index (κ3) is 1.84. The number of carbonyl (C=O) groups is 1. The molecular weight excluding hydrogens is 241 g/mol. The van der Waals surface area contributed by atoms with E-state index in [1.165, 1.54) is 0 Å². The van der Waals surface area contributed by atoms with Gasteiger partial charge in [-0.25, -0.2) is 0 Å². The van der Waals surface area contributed by atoms with Crippen molar-refractivity contribution >= 4 is 28.5 Å². The molecule has 10 heavy (non-hydrogen) atoms. The van der Waals surface area contributed by atoms with Gasteiger partial charge in [0.25, 0.3) is 0 Å². The van der Waals surface area contributed by atoms with Gasteiger partial charge in [-0.3, -0.25) is 4.79 Å². The third-order valence-corrected chi connectivity index (χ3v) is 2.69. The highest BCUT2D eigenvalue weighted by molar-refractivity contribution is 14.1. The predicted molar refractivity (Wildman–Crippen MR) is 49.0 cm³/mol. The molecule has 1 saturated heterocycles.